The zero-order valence-corrected chi connectivity index (χ0v) is 21.3. The zero-order valence-electron chi connectivity index (χ0n) is 20.5. The fourth-order valence-corrected chi connectivity index (χ4v) is 6.36. The van der Waals surface area contributed by atoms with Gasteiger partial charge in [-0.2, -0.15) is 0 Å². The first kappa shape index (κ1) is 24.2. The Balaban J connectivity index is 1.31. The number of nitrogens with zero attached hydrogens (tertiary/aromatic N) is 3. The van der Waals surface area contributed by atoms with Crippen molar-refractivity contribution in [3.8, 4) is 5.75 Å². The van der Waals surface area contributed by atoms with Crippen LogP contribution in [0.5, 0.6) is 5.75 Å². The first-order valence-corrected chi connectivity index (χ1v) is 14.1. The van der Waals surface area contributed by atoms with Gasteiger partial charge in [0, 0.05) is 24.7 Å². The number of aromatic nitrogens is 2. The summed E-state index contributed by atoms with van der Waals surface area (Å²) >= 11 is 0. The van der Waals surface area contributed by atoms with Crippen LogP contribution in [0.15, 0.2) is 42.7 Å². The maximum Gasteiger partial charge on any atom is 0.283 e. The molecule has 6 rings (SSSR count). The number of benzene rings is 1. The van der Waals surface area contributed by atoms with Gasteiger partial charge in [0.05, 0.1) is 35.9 Å². The van der Waals surface area contributed by atoms with Gasteiger partial charge in [-0.25, -0.2) is 22.5 Å². The van der Waals surface area contributed by atoms with Crippen LogP contribution in [0.1, 0.15) is 61.1 Å². The van der Waals surface area contributed by atoms with E-state index >= 15 is 0 Å². The third-order valence-electron chi connectivity index (χ3n) is 7.65. The number of rotatable bonds is 7. The molecule has 1 aliphatic carbocycles. The molecule has 2 aliphatic heterocycles. The lowest BCUT2D eigenvalue weighted by Gasteiger charge is -2.29. The molecule has 1 saturated carbocycles. The van der Waals surface area contributed by atoms with E-state index in [4.69, 9.17) is 9.47 Å². The smallest absolute Gasteiger partial charge is 0.283 e. The molecule has 37 heavy (non-hydrogen) atoms. The molecule has 1 N–H and O–H groups in total. The maximum atomic E-state index is 14.4. The standard InChI is InChI=1S/C26H29FN4O5S/c1-26(9-10-26)37(33,34)29-25(32)22-14-28-24-7-5-18(15-31(22)24)30-11-2-3-21(30)20-13-17(27)4-6-23(20)36-19-8-12-35-16-19/h4-7,13-15,19,21H,2-3,8-12,16H2,1H3,(H,29,32)/t19-,21-/m1/s1. The van der Waals surface area contributed by atoms with E-state index in [9.17, 15) is 17.6 Å². The molecule has 9 nitrogen and oxygen atoms in total. The van der Waals surface area contributed by atoms with Gasteiger partial charge in [-0.3, -0.25) is 9.20 Å². The number of carbonyl (C=O) groups excluding carboxylic acids is 1. The highest BCUT2D eigenvalue weighted by Crippen LogP contribution is 2.43. The summed E-state index contributed by atoms with van der Waals surface area (Å²) in [5.41, 5.74) is 2.25. The Morgan fingerprint density at radius 2 is 2.08 bits per heavy atom. The van der Waals surface area contributed by atoms with Crippen LogP contribution in [0.25, 0.3) is 5.65 Å². The lowest BCUT2D eigenvalue weighted by Crippen LogP contribution is -2.38. The Morgan fingerprint density at radius 3 is 2.84 bits per heavy atom. The van der Waals surface area contributed by atoms with E-state index in [0.29, 0.717) is 37.5 Å². The molecule has 196 valence electrons. The molecule has 1 amide bonds. The van der Waals surface area contributed by atoms with Crippen LogP contribution in [0, 0.1) is 5.82 Å². The van der Waals surface area contributed by atoms with Crippen LogP contribution in [-0.2, 0) is 14.8 Å². The van der Waals surface area contributed by atoms with E-state index in [-0.39, 0.29) is 23.7 Å². The van der Waals surface area contributed by atoms with Gasteiger partial charge in [0.2, 0.25) is 10.0 Å². The number of anilines is 1. The second-order valence-corrected chi connectivity index (χ2v) is 12.5. The molecule has 2 atom stereocenters. The van der Waals surface area contributed by atoms with Gasteiger partial charge in [-0.15, -0.1) is 0 Å². The van der Waals surface area contributed by atoms with Crippen molar-refractivity contribution in [3.63, 3.8) is 0 Å². The van der Waals surface area contributed by atoms with Gasteiger partial charge in [0.1, 0.15) is 29.0 Å². The number of fused-ring (bicyclic) bond motifs is 1. The largest absolute Gasteiger partial charge is 0.488 e. The molecule has 0 radical (unpaired) electrons. The van der Waals surface area contributed by atoms with Gasteiger partial charge in [0.15, 0.2) is 0 Å². The van der Waals surface area contributed by atoms with Crippen LogP contribution in [0.2, 0.25) is 0 Å². The number of nitrogens with one attached hydrogen (secondary N) is 1. The van der Waals surface area contributed by atoms with Crippen LogP contribution in [0.3, 0.4) is 0 Å². The topological polar surface area (TPSA) is 102 Å². The van der Waals surface area contributed by atoms with Crippen LogP contribution in [0.4, 0.5) is 10.1 Å². The predicted octanol–water partition coefficient (Wildman–Crippen LogP) is 3.59. The second kappa shape index (κ2) is 8.98. The summed E-state index contributed by atoms with van der Waals surface area (Å²) in [6.45, 7) is 3.54. The number of carbonyl (C=O) groups is 1. The fourth-order valence-electron chi connectivity index (χ4n) is 5.12. The van der Waals surface area contributed by atoms with E-state index in [0.717, 1.165) is 37.1 Å². The summed E-state index contributed by atoms with van der Waals surface area (Å²) in [5, 5.41) is 0. The number of sulfonamides is 1. The van der Waals surface area contributed by atoms with Crippen molar-refractivity contribution in [2.75, 3.05) is 24.7 Å². The van der Waals surface area contributed by atoms with Gasteiger partial charge in [-0.05, 0) is 62.9 Å². The molecular weight excluding hydrogens is 499 g/mol. The van der Waals surface area contributed by atoms with Crippen molar-refractivity contribution >= 4 is 27.3 Å². The Kier molecular flexibility index (Phi) is 5.87. The van der Waals surface area contributed by atoms with Crippen molar-refractivity contribution in [1.82, 2.24) is 14.1 Å². The van der Waals surface area contributed by atoms with E-state index in [1.807, 2.05) is 6.07 Å². The highest BCUT2D eigenvalue weighted by molar-refractivity contribution is 7.91. The Bertz CT molecular complexity index is 1460. The number of ether oxygens (including phenoxy) is 2. The minimum absolute atomic E-state index is 0.0587. The third kappa shape index (κ3) is 4.44. The monoisotopic (exact) mass is 528 g/mol. The van der Waals surface area contributed by atoms with E-state index in [1.54, 1.807) is 29.7 Å². The molecule has 2 aromatic heterocycles. The minimum Gasteiger partial charge on any atom is -0.488 e. The van der Waals surface area contributed by atoms with Crippen LogP contribution < -0.4 is 14.4 Å². The summed E-state index contributed by atoms with van der Waals surface area (Å²) in [6.07, 6.45) is 6.67. The molecule has 3 aromatic rings. The molecule has 0 spiro atoms. The molecule has 2 saturated heterocycles. The Hall–Kier alpha value is -3.18. The first-order chi connectivity index (χ1) is 17.7. The number of amides is 1. The molecule has 0 unspecified atom stereocenters. The quantitative estimate of drug-likeness (QED) is 0.500. The first-order valence-electron chi connectivity index (χ1n) is 12.6. The van der Waals surface area contributed by atoms with Crippen molar-refractivity contribution in [3.05, 3.63) is 59.8 Å². The predicted molar refractivity (Wildman–Crippen MR) is 135 cm³/mol. The SMILES string of the molecule is CC1(S(=O)(=O)NC(=O)c2cnc3ccc(N4CCC[C@@H]4c4cc(F)ccc4O[C@@H]4CCOC4)cn23)CC1. The number of hydrogen-bond acceptors (Lipinski definition) is 7. The highest BCUT2D eigenvalue weighted by atomic mass is 32.2. The summed E-state index contributed by atoms with van der Waals surface area (Å²) in [7, 11) is -3.78. The lowest BCUT2D eigenvalue weighted by molar-refractivity contribution is 0.0975. The van der Waals surface area contributed by atoms with Crippen molar-refractivity contribution in [1.29, 1.82) is 0 Å². The Morgan fingerprint density at radius 1 is 1.24 bits per heavy atom. The van der Waals surface area contributed by atoms with Crippen LogP contribution in [-0.4, -0.2) is 54.3 Å². The van der Waals surface area contributed by atoms with E-state index in [1.165, 1.54) is 18.3 Å². The zero-order chi connectivity index (χ0) is 25.8. The van der Waals surface area contributed by atoms with Gasteiger partial charge >= 0.3 is 0 Å². The number of imidazole rings is 1. The van der Waals surface area contributed by atoms with Crippen molar-refractivity contribution in [2.24, 2.45) is 0 Å². The number of pyridine rings is 1. The highest BCUT2D eigenvalue weighted by Gasteiger charge is 2.51. The minimum atomic E-state index is -3.78. The molecule has 1 aromatic carbocycles. The molecule has 3 fully saturated rings. The van der Waals surface area contributed by atoms with Gasteiger partial charge < -0.3 is 14.4 Å². The van der Waals surface area contributed by atoms with Crippen LogP contribution >= 0.6 is 0 Å². The van der Waals surface area contributed by atoms with Crippen molar-refractivity contribution in [2.45, 2.75) is 55.9 Å². The lowest BCUT2D eigenvalue weighted by atomic mass is 10.0. The van der Waals surface area contributed by atoms with Crippen molar-refractivity contribution < 1.29 is 27.1 Å². The van der Waals surface area contributed by atoms with Gasteiger partial charge in [-0.1, -0.05) is 0 Å². The second-order valence-electron chi connectivity index (χ2n) is 10.3. The summed E-state index contributed by atoms with van der Waals surface area (Å²) in [4.78, 5) is 19.4. The third-order valence-corrected chi connectivity index (χ3v) is 9.81. The summed E-state index contributed by atoms with van der Waals surface area (Å²) in [6, 6.07) is 8.20. The summed E-state index contributed by atoms with van der Waals surface area (Å²) in [5.74, 6) is -0.391. The normalized spacial score (nSPS) is 22.9. The number of hydrogen-bond donors (Lipinski definition) is 1. The Labute approximate surface area is 214 Å². The molecule has 3 aliphatic rings. The number of halogens is 1. The summed E-state index contributed by atoms with van der Waals surface area (Å²) < 4.78 is 54.1. The van der Waals surface area contributed by atoms with E-state index in [2.05, 4.69) is 14.6 Å². The van der Waals surface area contributed by atoms with Gasteiger partial charge in [0.25, 0.3) is 5.91 Å². The fraction of sp³-hybridized carbons (Fsp3) is 0.462. The average molecular weight is 529 g/mol. The molecule has 11 heteroatoms. The average Bonchev–Trinajstić information content (AvgIpc) is 3.29. The molecule has 0 bridgehead atoms. The maximum absolute atomic E-state index is 14.4. The van der Waals surface area contributed by atoms with E-state index < -0.39 is 20.7 Å². The molecular formula is C26H29FN4O5S. The molecule has 4 heterocycles.